The molecule has 0 saturated carbocycles. The van der Waals surface area contributed by atoms with Crippen LogP contribution in [0.3, 0.4) is 0 Å². The number of ether oxygens (including phenoxy) is 2. The maximum absolute atomic E-state index is 13.3. The molecule has 1 fully saturated rings. The highest BCUT2D eigenvalue weighted by atomic mass is 79.9. The van der Waals surface area contributed by atoms with Crippen molar-refractivity contribution in [2.75, 3.05) is 12.0 Å². The summed E-state index contributed by atoms with van der Waals surface area (Å²) in [5, 5.41) is 11.3. The van der Waals surface area contributed by atoms with Gasteiger partial charge in [0.15, 0.2) is 0 Å². The van der Waals surface area contributed by atoms with E-state index in [1.54, 1.807) is 66.7 Å². The van der Waals surface area contributed by atoms with Crippen LogP contribution in [-0.2, 0) is 14.4 Å². The first-order valence-corrected chi connectivity index (χ1v) is 11.5. The quantitative estimate of drug-likeness (QED) is 0.156. The van der Waals surface area contributed by atoms with E-state index in [1.807, 2.05) is 6.92 Å². The molecule has 0 aliphatic carbocycles. The summed E-state index contributed by atoms with van der Waals surface area (Å²) >= 11 is 3.43. The number of aliphatic hydroxyl groups is 1. The summed E-state index contributed by atoms with van der Waals surface area (Å²) in [6.45, 7) is 3.14. The van der Waals surface area contributed by atoms with Crippen LogP contribution < -0.4 is 14.4 Å². The minimum absolute atomic E-state index is 0.0625. The Bertz CT molecular complexity index is 1360. The fourth-order valence-electron chi connectivity index (χ4n) is 4.02. The topological polar surface area (TPSA) is 93.1 Å². The zero-order valence-corrected chi connectivity index (χ0v) is 20.8. The van der Waals surface area contributed by atoms with Crippen molar-refractivity contribution in [3.8, 4) is 11.5 Å². The van der Waals surface area contributed by atoms with E-state index in [9.17, 15) is 19.5 Å². The van der Waals surface area contributed by atoms with Gasteiger partial charge >= 0.3 is 5.97 Å². The lowest BCUT2D eigenvalue weighted by Crippen LogP contribution is -2.29. The van der Waals surface area contributed by atoms with Crippen LogP contribution in [0.5, 0.6) is 11.5 Å². The average Bonchev–Trinajstić information content (AvgIpc) is 3.10. The molecule has 7 nitrogen and oxygen atoms in total. The zero-order valence-electron chi connectivity index (χ0n) is 19.2. The molecule has 1 heterocycles. The van der Waals surface area contributed by atoms with Gasteiger partial charge in [-0.25, -0.2) is 0 Å². The molecule has 1 aliphatic rings. The molecular weight excluding hydrogens is 514 g/mol. The van der Waals surface area contributed by atoms with Crippen molar-refractivity contribution >= 4 is 45.0 Å². The number of hydrogen-bond acceptors (Lipinski definition) is 6. The fraction of sp³-hybridized carbons (Fsp3) is 0.148. The van der Waals surface area contributed by atoms with E-state index >= 15 is 0 Å². The normalized spacial score (nSPS) is 16.9. The Morgan fingerprint density at radius 2 is 1.71 bits per heavy atom. The molecule has 1 atom stereocenters. The second-order valence-corrected chi connectivity index (χ2v) is 8.85. The van der Waals surface area contributed by atoms with Crippen molar-refractivity contribution in [2.45, 2.75) is 19.9 Å². The van der Waals surface area contributed by atoms with Crippen LogP contribution >= 0.6 is 15.9 Å². The standard InChI is InChI=1S/C27H22BrNO6/c1-15-13-18(7-12-22(15)28)25(31)23-24(17-5-4-6-21(14-17)35-16(2)30)29(27(33)26(23)32)19-8-10-20(34-3)11-9-19/h4-14,24,31H,1-3H3/b25-23-. The maximum Gasteiger partial charge on any atom is 0.308 e. The number of hydrogen-bond donors (Lipinski definition) is 1. The van der Waals surface area contributed by atoms with Crippen LogP contribution in [0.15, 0.2) is 76.8 Å². The lowest BCUT2D eigenvalue weighted by atomic mass is 9.94. The highest BCUT2D eigenvalue weighted by Gasteiger charge is 2.47. The molecule has 1 amide bonds. The average molecular weight is 536 g/mol. The molecule has 0 radical (unpaired) electrons. The van der Waals surface area contributed by atoms with Crippen LogP contribution in [0.25, 0.3) is 5.76 Å². The van der Waals surface area contributed by atoms with Crippen molar-refractivity contribution < 1.29 is 29.0 Å². The molecule has 1 saturated heterocycles. The second kappa shape index (κ2) is 9.76. The minimum Gasteiger partial charge on any atom is -0.507 e. The van der Waals surface area contributed by atoms with Gasteiger partial charge in [0.2, 0.25) is 0 Å². The molecular formula is C27H22BrNO6. The summed E-state index contributed by atoms with van der Waals surface area (Å²) in [6.07, 6.45) is 0. The number of rotatable bonds is 5. The molecule has 178 valence electrons. The number of ketones is 1. The molecule has 4 rings (SSSR count). The summed E-state index contributed by atoms with van der Waals surface area (Å²) in [6, 6.07) is 17.4. The number of halogens is 1. The third-order valence-electron chi connectivity index (χ3n) is 5.66. The highest BCUT2D eigenvalue weighted by molar-refractivity contribution is 9.10. The van der Waals surface area contributed by atoms with Crippen molar-refractivity contribution in [3.63, 3.8) is 0 Å². The summed E-state index contributed by atoms with van der Waals surface area (Å²) < 4.78 is 11.3. The minimum atomic E-state index is -0.956. The number of benzene rings is 3. The third-order valence-corrected chi connectivity index (χ3v) is 6.55. The smallest absolute Gasteiger partial charge is 0.308 e. The molecule has 3 aromatic rings. The zero-order chi connectivity index (χ0) is 25.3. The van der Waals surface area contributed by atoms with Crippen LogP contribution in [0.4, 0.5) is 5.69 Å². The number of Topliss-reactive ketones (excluding diaryl/α,β-unsaturated/α-hetero) is 1. The monoisotopic (exact) mass is 535 g/mol. The van der Waals surface area contributed by atoms with Gasteiger partial charge in [-0.2, -0.15) is 0 Å². The number of aryl methyl sites for hydroxylation is 1. The number of carbonyl (C=O) groups is 3. The first kappa shape index (κ1) is 24.2. The Labute approximate surface area is 210 Å². The van der Waals surface area contributed by atoms with E-state index < -0.39 is 23.7 Å². The molecule has 1 unspecified atom stereocenters. The van der Waals surface area contributed by atoms with E-state index in [1.165, 1.54) is 18.9 Å². The van der Waals surface area contributed by atoms with E-state index in [4.69, 9.17) is 9.47 Å². The molecule has 35 heavy (non-hydrogen) atoms. The first-order valence-electron chi connectivity index (χ1n) is 10.7. The predicted molar refractivity (Wildman–Crippen MR) is 134 cm³/mol. The van der Waals surface area contributed by atoms with Crippen LogP contribution in [0, 0.1) is 6.92 Å². The van der Waals surface area contributed by atoms with Crippen molar-refractivity contribution in [1.82, 2.24) is 0 Å². The number of carbonyl (C=O) groups excluding carboxylic acids is 3. The SMILES string of the molecule is COc1ccc(N2C(=O)C(=O)/C(=C(\O)c3ccc(Br)c(C)c3)C2c2cccc(OC(C)=O)c2)cc1. The third kappa shape index (κ3) is 4.70. The maximum atomic E-state index is 13.3. The summed E-state index contributed by atoms with van der Waals surface area (Å²) in [7, 11) is 1.53. The van der Waals surface area contributed by atoms with Gasteiger partial charge in [0.05, 0.1) is 18.7 Å². The van der Waals surface area contributed by atoms with Gasteiger partial charge in [-0.1, -0.05) is 34.1 Å². The Morgan fingerprint density at radius 3 is 2.34 bits per heavy atom. The Hall–Kier alpha value is -3.91. The van der Waals surface area contributed by atoms with Crippen molar-refractivity contribution in [3.05, 3.63) is 93.5 Å². The Kier molecular flexibility index (Phi) is 6.75. The van der Waals surface area contributed by atoms with Crippen LogP contribution in [-0.4, -0.2) is 29.9 Å². The largest absolute Gasteiger partial charge is 0.507 e. The van der Waals surface area contributed by atoms with Gasteiger partial charge in [0.1, 0.15) is 17.3 Å². The van der Waals surface area contributed by atoms with Gasteiger partial charge in [0, 0.05) is 22.6 Å². The molecule has 0 bridgehead atoms. The number of methoxy groups -OCH3 is 1. The lowest BCUT2D eigenvalue weighted by Gasteiger charge is -2.26. The number of anilines is 1. The number of amides is 1. The Morgan fingerprint density at radius 1 is 1.00 bits per heavy atom. The highest BCUT2D eigenvalue weighted by Crippen LogP contribution is 2.43. The molecule has 1 N–H and O–H groups in total. The molecule has 3 aromatic carbocycles. The molecule has 0 aromatic heterocycles. The number of esters is 1. The van der Waals surface area contributed by atoms with Gasteiger partial charge in [0.25, 0.3) is 11.7 Å². The number of aliphatic hydroxyl groups excluding tert-OH is 1. The van der Waals surface area contributed by atoms with Crippen molar-refractivity contribution in [2.24, 2.45) is 0 Å². The first-order chi connectivity index (χ1) is 16.7. The fourth-order valence-corrected chi connectivity index (χ4v) is 4.27. The summed E-state index contributed by atoms with van der Waals surface area (Å²) in [5.74, 6) is -1.55. The summed E-state index contributed by atoms with van der Waals surface area (Å²) in [4.78, 5) is 39.4. The van der Waals surface area contributed by atoms with E-state index in [2.05, 4.69) is 15.9 Å². The Balaban J connectivity index is 1.93. The molecule has 1 aliphatic heterocycles. The van der Waals surface area contributed by atoms with Crippen molar-refractivity contribution in [1.29, 1.82) is 0 Å². The molecule has 8 heteroatoms. The van der Waals surface area contributed by atoms with Gasteiger partial charge in [-0.3, -0.25) is 19.3 Å². The van der Waals surface area contributed by atoms with E-state index in [-0.39, 0.29) is 17.1 Å². The summed E-state index contributed by atoms with van der Waals surface area (Å²) in [5.41, 5.74) is 2.13. The predicted octanol–water partition coefficient (Wildman–Crippen LogP) is 5.32. The van der Waals surface area contributed by atoms with Gasteiger partial charge in [-0.05, 0) is 66.6 Å². The van der Waals surface area contributed by atoms with Crippen LogP contribution in [0.1, 0.15) is 29.7 Å². The lowest BCUT2D eigenvalue weighted by molar-refractivity contribution is -0.132. The van der Waals surface area contributed by atoms with Crippen LogP contribution in [0.2, 0.25) is 0 Å². The number of nitrogens with zero attached hydrogens (tertiary/aromatic N) is 1. The second-order valence-electron chi connectivity index (χ2n) is 8.00. The molecule has 0 spiro atoms. The van der Waals surface area contributed by atoms with Gasteiger partial charge < -0.3 is 14.6 Å². The van der Waals surface area contributed by atoms with E-state index in [0.717, 1.165) is 10.0 Å². The van der Waals surface area contributed by atoms with E-state index in [0.29, 0.717) is 22.6 Å². The van der Waals surface area contributed by atoms with Gasteiger partial charge in [-0.15, -0.1) is 0 Å².